The van der Waals surface area contributed by atoms with Gasteiger partial charge in [-0.15, -0.1) is 0 Å². The minimum Gasteiger partial charge on any atom is -0.317 e. The van der Waals surface area contributed by atoms with E-state index in [-0.39, 0.29) is 12.1 Å². The van der Waals surface area contributed by atoms with E-state index in [0.29, 0.717) is 0 Å². The fraction of sp³-hybridized carbons (Fsp3) is 0.350. The Bertz CT molecular complexity index is 958. The van der Waals surface area contributed by atoms with Gasteiger partial charge >= 0.3 is 6.03 Å². The number of anilines is 1. The van der Waals surface area contributed by atoms with Crippen molar-refractivity contribution in [1.29, 1.82) is 0 Å². The third-order valence-corrected chi connectivity index (χ3v) is 5.12. The maximum Gasteiger partial charge on any atom is 0.322 e. The summed E-state index contributed by atoms with van der Waals surface area (Å²) in [6.45, 7) is 6.78. The lowest BCUT2D eigenvalue weighted by molar-refractivity contribution is 0.207. The maximum atomic E-state index is 13.1. The average molecular weight is 349 g/mol. The average Bonchev–Trinajstić information content (AvgIpc) is 3.21. The van der Waals surface area contributed by atoms with Crippen LogP contribution in [0.3, 0.4) is 0 Å². The lowest BCUT2D eigenvalue weighted by atomic mass is 10.0. The molecule has 1 aliphatic heterocycles. The lowest BCUT2D eigenvalue weighted by Gasteiger charge is -2.26. The molecule has 0 bridgehead atoms. The van der Waals surface area contributed by atoms with Crippen LogP contribution in [0.2, 0.25) is 0 Å². The van der Waals surface area contributed by atoms with Crippen LogP contribution in [0.5, 0.6) is 0 Å². The number of hydrogen-bond donors (Lipinski definition) is 2. The van der Waals surface area contributed by atoms with Crippen LogP contribution in [-0.2, 0) is 0 Å². The molecule has 1 saturated heterocycles. The smallest absolute Gasteiger partial charge is 0.317 e. The number of urea groups is 1. The van der Waals surface area contributed by atoms with Crippen LogP contribution in [0.1, 0.15) is 41.4 Å². The number of H-pyrrole nitrogens is 1. The minimum atomic E-state index is -0.0787. The third kappa shape index (κ3) is 2.81. The molecule has 0 saturated carbocycles. The van der Waals surface area contributed by atoms with Gasteiger partial charge in [0.15, 0.2) is 0 Å². The molecular weight excluding hydrogens is 326 g/mol. The molecule has 1 atom stereocenters. The highest BCUT2D eigenvalue weighted by molar-refractivity contribution is 6.00. The molecule has 2 amide bonds. The Morgan fingerprint density at radius 3 is 2.92 bits per heavy atom. The molecule has 3 aromatic rings. The van der Waals surface area contributed by atoms with E-state index in [1.807, 2.05) is 43.9 Å². The number of benzene rings is 1. The first kappa shape index (κ1) is 16.6. The van der Waals surface area contributed by atoms with E-state index in [1.165, 1.54) is 0 Å². The number of aromatic amines is 1. The molecule has 1 unspecified atom stereocenters. The van der Waals surface area contributed by atoms with Crippen molar-refractivity contribution in [1.82, 2.24) is 20.1 Å². The molecule has 26 heavy (non-hydrogen) atoms. The zero-order valence-electron chi connectivity index (χ0n) is 15.3. The number of rotatable bonds is 2. The van der Waals surface area contributed by atoms with Crippen LogP contribution >= 0.6 is 0 Å². The molecule has 1 aliphatic rings. The molecule has 0 spiro atoms. The first-order chi connectivity index (χ1) is 12.5. The molecule has 2 aromatic heterocycles. The van der Waals surface area contributed by atoms with E-state index in [0.717, 1.165) is 58.5 Å². The van der Waals surface area contributed by atoms with Crippen LogP contribution in [0.4, 0.5) is 10.5 Å². The fourth-order valence-electron chi connectivity index (χ4n) is 3.98. The highest BCUT2D eigenvalue weighted by Gasteiger charge is 2.33. The molecule has 6 heteroatoms. The number of amides is 2. The number of nitrogens with one attached hydrogen (secondary N) is 2. The first-order valence-corrected chi connectivity index (χ1v) is 8.99. The van der Waals surface area contributed by atoms with Crippen molar-refractivity contribution in [3.63, 3.8) is 0 Å². The summed E-state index contributed by atoms with van der Waals surface area (Å²) in [4.78, 5) is 19.4. The van der Waals surface area contributed by atoms with Crippen molar-refractivity contribution in [3.05, 3.63) is 53.0 Å². The molecule has 3 heterocycles. The normalized spacial score (nSPS) is 17.0. The zero-order chi connectivity index (χ0) is 18.3. The van der Waals surface area contributed by atoms with E-state index < -0.39 is 0 Å². The monoisotopic (exact) mass is 349 g/mol. The van der Waals surface area contributed by atoms with Gasteiger partial charge in [0, 0.05) is 29.4 Å². The van der Waals surface area contributed by atoms with Crippen LogP contribution in [0, 0.1) is 20.8 Å². The second kappa shape index (κ2) is 6.44. The highest BCUT2D eigenvalue weighted by Crippen LogP contribution is 2.35. The van der Waals surface area contributed by atoms with E-state index in [4.69, 9.17) is 0 Å². The Kier molecular flexibility index (Phi) is 4.11. The molecule has 1 aromatic carbocycles. The standard InChI is InChI=1S/C20H23N5O/c1-12-10-15-6-4-8-21-19(15)16(11-12)22-20(26)25-9-5-7-17(25)18-13(2)23-24-14(18)3/h4,6,8,10-11,17H,5,7,9H2,1-3H3,(H,22,26)(H,23,24). The Hall–Kier alpha value is -2.89. The van der Waals surface area contributed by atoms with Gasteiger partial charge in [0.25, 0.3) is 0 Å². The summed E-state index contributed by atoms with van der Waals surface area (Å²) < 4.78 is 0. The number of carbonyl (C=O) groups excluding carboxylic acids is 1. The summed E-state index contributed by atoms with van der Waals surface area (Å²) in [5.74, 6) is 0. The molecule has 134 valence electrons. The second-order valence-electron chi connectivity index (χ2n) is 7.02. The Labute approximate surface area is 152 Å². The van der Waals surface area contributed by atoms with Crippen molar-refractivity contribution in [2.45, 2.75) is 39.7 Å². The molecule has 4 rings (SSSR count). The minimum absolute atomic E-state index is 0.0674. The Morgan fingerprint density at radius 1 is 1.31 bits per heavy atom. The molecule has 0 radical (unpaired) electrons. The number of fused-ring (bicyclic) bond motifs is 1. The predicted molar refractivity (Wildman–Crippen MR) is 102 cm³/mol. The summed E-state index contributed by atoms with van der Waals surface area (Å²) >= 11 is 0. The summed E-state index contributed by atoms with van der Waals surface area (Å²) in [7, 11) is 0. The van der Waals surface area contributed by atoms with E-state index in [9.17, 15) is 4.79 Å². The number of nitrogens with zero attached hydrogens (tertiary/aromatic N) is 3. The van der Waals surface area contributed by atoms with Gasteiger partial charge in [0.1, 0.15) is 0 Å². The molecule has 0 aliphatic carbocycles. The van der Waals surface area contributed by atoms with Crippen molar-refractivity contribution >= 4 is 22.6 Å². The second-order valence-corrected chi connectivity index (χ2v) is 7.02. The molecule has 1 fully saturated rings. The van der Waals surface area contributed by atoms with Crippen molar-refractivity contribution in [2.75, 3.05) is 11.9 Å². The van der Waals surface area contributed by atoms with Gasteiger partial charge < -0.3 is 10.2 Å². The van der Waals surface area contributed by atoms with Crippen molar-refractivity contribution in [3.8, 4) is 0 Å². The van der Waals surface area contributed by atoms with Gasteiger partial charge in [-0.3, -0.25) is 10.1 Å². The van der Waals surface area contributed by atoms with Crippen molar-refractivity contribution in [2.24, 2.45) is 0 Å². The number of pyridine rings is 1. The number of hydrogen-bond acceptors (Lipinski definition) is 3. The Morgan fingerprint density at radius 2 is 2.15 bits per heavy atom. The van der Waals surface area contributed by atoms with Crippen molar-refractivity contribution < 1.29 is 4.79 Å². The largest absolute Gasteiger partial charge is 0.322 e. The zero-order valence-corrected chi connectivity index (χ0v) is 15.3. The SMILES string of the molecule is Cc1cc(NC(=O)N2CCCC2c2c(C)n[nH]c2C)c2ncccc2c1. The number of aryl methyl sites for hydroxylation is 3. The number of carbonyl (C=O) groups is 1. The highest BCUT2D eigenvalue weighted by atomic mass is 16.2. The van der Waals surface area contributed by atoms with Crippen LogP contribution in [0.15, 0.2) is 30.5 Å². The summed E-state index contributed by atoms with van der Waals surface area (Å²) in [6.07, 6.45) is 3.71. The van der Waals surface area contributed by atoms with Gasteiger partial charge in [0.05, 0.1) is 22.9 Å². The number of aromatic nitrogens is 3. The van der Waals surface area contributed by atoms with Gasteiger partial charge in [-0.1, -0.05) is 6.07 Å². The van der Waals surface area contributed by atoms with Crippen LogP contribution in [0.25, 0.3) is 10.9 Å². The fourth-order valence-corrected chi connectivity index (χ4v) is 3.98. The third-order valence-electron chi connectivity index (χ3n) is 5.12. The van der Waals surface area contributed by atoms with Gasteiger partial charge in [0.2, 0.25) is 0 Å². The molecule has 6 nitrogen and oxygen atoms in total. The molecular formula is C20H23N5O. The summed E-state index contributed by atoms with van der Waals surface area (Å²) in [6, 6.07) is 7.97. The predicted octanol–water partition coefficient (Wildman–Crippen LogP) is 4.25. The topological polar surface area (TPSA) is 73.9 Å². The maximum absolute atomic E-state index is 13.1. The van der Waals surface area contributed by atoms with E-state index in [2.05, 4.69) is 26.6 Å². The lowest BCUT2D eigenvalue weighted by Crippen LogP contribution is -2.35. The first-order valence-electron chi connectivity index (χ1n) is 8.99. The van der Waals surface area contributed by atoms with Crippen LogP contribution in [-0.4, -0.2) is 32.7 Å². The van der Waals surface area contributed by atoms with Crippen LogP contribution < -0.4 is 5.32 Å². The number of likely N-dealkylation sites (tertiary alicyclic amines) is 1. The van der Waals surface area contributed by atoms with E-state index in [1.54, 1.807) is 6.20 Å². The Balaban J connectivity index is 1.64. The van der Waals surface area contributed by atoms with E-state index >= 15 is 0 Å². The van der Waals surface area contributed by atoms with Gasteiger partial charge in [-0.05, 0) is 57.4 Å². The quantitative estimate of drug-likeness (QED) is 0.726. The van der Waals surface area contributed by atoms with Gasteiger partial charge in [-0.25, -0.2) is 4.79 Å². The summed E-state index contributed by atoms with van der Waals surface area (Å²) in [5, 5.41) is 11.5. The van der Waals surface area contributed by atoms with Gasteiger partial charge in [-0.2, -0.15) is 5.10 Å². The summed E-state index contributed by atoms with van der Waals surface area (Å²) in [5.41, 5.74) is 5.82. The molecule has 2 N–H and O–H groups in total.